The molecule has 2 aromatic rings. The van der Waals surface area contributed by atoms with E-state index in [0.717, 1.165) is 5.56 Å². The van der Waals surface area contributed by atoms with Crippen LogP contribution in [0.2, 0.25) is 0 Å². The van der Waals surface area contributed by atoms with Gasteiger partial charge < -0.3 is 9.84 Å². The first-order valence-electron chi connectivity index (χ1n) is 6.52. The van der Waals surface area contributed by atoms with Crippen molar-refractivity contribution < 1.29 is 14.2 Å². The maximum Gasteiger partial charge on any atom is 0.165 e. The van der Waals surface area contributed by atoms with E-state index in [9.17, 15) is 9.50 Å². The van der Waals surface area contributed by atoms with Crippen molar-refractivity contribution in [2.75, 3.05) is 7.11 Å². The zero-order valence-corrected chi connectivity index (χ0v) is 11.9. The molecule has 4 heteroatoms. The zero-order valence-electron chi connectivity index (χ0n) is 11.9. The Bertz CT molecular complexity index is 693. The Morgan fingerprint density at radius 2 is 1.95 bits per heavy atom. The molecule has 21 heavy (non-hydrogen) atoms. The molecule has 0 fully saturated rings. The summed E-state index contributed by atoms with van der Waals surface area (Å²) in [5.41, 5.74) is 0.299. The minimum Gasteiger partial charge on any atom is -0.494 e. The maximum absolute atomic E-state index is 13.9. The molecule has 0 saturated heterocycles. The third-order valence-electron chi connectivity index (χ3n) is 3.46. The number of aryl methyl sites for hydroxylation is 1. The van der Waals surface area contributed by atoms with Crippen LogP contribution < -0.4 is 4.74 Å². The summed E-state index contributed by atoms with van der Waals surface area (Å²) in [7, 11) is 1.38. The van der Waals surface area contributed by atoms with Gasteiger partial charge in [-0.25, -0.2) is 4.39 Å². The van der Waals surface area contributed by atoms with Crippen molar-refractivity contribution in [1.29, 1.82) is 5.26 Å². The van der Waals surface area contributed by atoms with Crippen molar-refractivity contribution in [3.05, 3.63) is 65.0 Å². The summed E-state index contributed by atoms with van der Waals surface area (Å²) < 4.78 is 18.8. The summed E-state index contributed by atoms with van der Waals surface area (Å²) >= 11 is 0. The van der Waals surface area contributed by atoms with E-state index in [1.165, 1.54) is 19.2 Å². The number of halogens is 1. The smallest absolute Gasteiger partial charge is 0.165 e. The number of nitriles is 1. The van der Waals surface area contributed by atoms with E-state index in [4.69, 9.17) is 10.00 Å². The first-order valence-corrected chi connectivity index (χ1v) is 6.52. The number of nitrogens with zero attached hydrogens (tertiary/aromatic N) is 1. The van der Waals surface area contributed by atoms with Gasteiger partial charge in [-0.15, -0.1) is 0 Å². The number of rotatable bonds is 4. The Balaban J connectivity index is 2.57. The Morgan fingerprint density at radius 3 is 2.52 bits per heavy atom. The lowest BCUT2D eigenvalue weighted by molar-refractivity contribution is 0.0855. The van der Waals surface area contributed by atoms with Crippen LogP contribution in [0.15, 0.2) is 42.5 Å². The third kappa shape index (κ3) is 2.88. The number of benzene rings is 2. The predicted molar refractivity (Wildman–Crippen MR) is 77.4 cm³/mol. The molecule has 0 heterocycles. The highest BCUT2D eigenvalue weighted by atomic mass is 19.1. The molecule has 108 valence electrons. The van der Waals surface area contributed by atoms with Gasteiger partial charge in [-0.1, -0.05) is 35.9 Å². The van der Waals surface area contributed by atoms with Crippen LogP contribution in [0.5, 0.6) is 5.75 Å². The molecule has 1 atom stereocenters. The van der Waals surface area contributed by atoms with Crippen molar-refractivity contribution in [2.24, 2.45) is 0 Å². The van der Waals surface area contributed by atoms with E-state index in [1.807, 2.05) is 19.1 Å². The molecule has 2 aromatic carbocycles. The van der Waals surface area contributed by atoms with Gasteiger partial charge >= 0.3 is 0 Å². The molecular formula is C17H16FNO2. The number of ether oxygens (including phenoxy) is 1. The molecule has 0 aliphatic rings. The van der Waals surface area contributed by atoms with E-state index in [0.29, 0.717) is 11.1 Å². The van der Waals surface area contributed by atoms with Gasteiger partial charge in [-0.2, -0.15) is 5.26 Å². The monoisotopic (exact) mass is 285 g/mol. The second kappa shape index (κ2) is 5.94. The quantitative estimate of drug-likeness (QED) is 0.937. The molecule has 0 radical (unpaired) electrons. The fourth-order valence-corrected chi connectivity index (χ4v) is 2.31. The lowest BCUT2D eigenvalue weighted by atomic mass is 9.83. The van der Waals surface area contributed by atoms with Crippen LogP contribution in [0.1, 0.15) is 23.1 Å². The van der Waals surface area contributed by atoms with Crippen LogP contribution in [0.4, 0.5) is 4.39 Å². The zero-order chi connectivity index (χ0) is 15.5. The number of hydrogen-bond donors (Lipinski definition) is 1. The minimum atomic E-state index is -1.55. The second-order valence-electron chi connectivity index (χ2n) is 4.91. The summed E-state index contributed by atoms with van der Waals surface area (Å²) in [6, 6.07) is 13.4. The van der Waals surface area contributed by atoms with E-state index in [-0.39, 0.29) is 12.2 Å². The summed E-state index contributed by atoms with van der Waals surface area (Å²) in [4.78, 5) is 0. The van der Waals surface area contributed by atoms with Crippen molar-refractivity contribution in [3.8, 4) is 11.8 Å². The summed E-state index contributed by atoms with van der Waals surface area (Å²) in [5.74, 6) is -0.471. The Kier molecular flexibility index (Phi) is 4.25. The fourth-order valence-electron chi connectivity index (χ4n) is 2.31. The molecule has 0 amide bonds. The van der Waals surface area contributed by atoms with Crippen LogP contribution in [-0.2, 0) is 5.60 Å². The standard InChI is InChI=1S/C17H16FNO2/c1-12-4-3-5-13(10-12)17(20,8-9-19)14-6-7-16(21-2)15(18)11-14/h3-7,10-11,20H,8H2,1-2H3. The van der Waals surface area contributed by atoms with Crippen LogP contribution in [0, 0.1) is 24.1 Å². The van der Waals surface area contributed by atoms with Crippen molar-refractivity contribution in [3.63, 3.8) is 0 Å². The topological polar surface area (TPSA) is 53.2 Å². The largest absolute Gasteiger partial charge is 0.494 e. The number of aliphatic hydroxyl groups is 1. The first kappa shape index (κ1) is 15.0. The van der Waals surface area contributed by atoms with E-state index >= 15 is 0 Å². The molecule has 0 saturated carbocycles. The van der Waals surface area contributed by atoms with Gasteiger partial charge in [0.1, 0.15) is 5.60 Å². The third-order valence-corrected chi connectivity index (χ3v) is 3.46. The van der Waals surface area contributed by atoms with Gasteiger partial charge in [0.15, 0.2) is 11.6 Å². The van der Waals surface area contributed by atoms with Gasteiger partial charge in [0.05, 0.1) is 19.6 Å². The van der Waals surface area contributed by atoms with Crippen molar-refractivity contribution >= 4 is 0 Å². The number of hydrogen-bond acceptors (Lipinski definition) is 3. The van der Waals surface area contributed by atoms with Gasteiger partial charge in [-0.3, -0.25) is 0 Å². The van der Waals surface area contributed by atoms with Gasteiger partial charge in [0, 0.05) is 0 Å². The highest BCUT2D eigenvalue weighted by Gasteiger charge is 2.32. The lowest BCUT2D eigenvalue weighted by Gasteiger charge is -2.27. The second-order valence-corrected chi connectivity index (χ2v) is 4.91. The normalized spacial score (nSPS) is 13.3. The molecule has 3 nitrogen and oxygen atoms in total. The fraction of sp³-hybridized carbons (Fsp3) is 0.235. The van der Waals surface area contributed by atoms with Gasteiger partial charge in [0.2, 0.25) is 0 Å². The minimum absolute atomic E-state index is 0.0994. The Hall–Kier alpha value is -2.38. The van der Waals surface area contributed by atoms with Crippen LogP contribution in [0.3, 0.4) is 0 Å². The Morgan fingerprint density at radius 1 is 1.24 bits per heavy atom. The highest BCUT2D eigenvalue weighted by Crippen LogP contribution is 2.35. The van der Waals surface area contributed by atoms with E-state index in [1.54, 1.807) is 24.3 Å². The highest BCUT2D eigenvalue weighted by molar-refractivity contribution is 5.41. The SMILES string of the molecule is COc1ccc(C(O)(CC#N)c2cccc(C)c2)cc1F. The molecule has 1 N–H and O–H groups in total. The van der Waals surface area contributed by atoms with Gasteiger partial charge in [0.25, 0.3) is 0 Å². The predicted octanol–water partition coefficient (Wildman–Crippen LogP) is 3.29. The number of methoxy groups -OCH3 is 1. The molecule has 0 aromatic heterocycles. The maximum atomic E-state index is 13.9. The summed E-state index contributed by atoms with van der Waals surface area (Å²) in [5, 5.41) is 20.0. The van der Waals surface area contributed by atoms with Crippen LogP contribution in [-0.4, -0.2) is 12.2 Å². The summed E-state index contributed by atoms with van der Waals surface area (Å²) in [6.07, 6.45) is -0.164. The van der Waals surface area contributed by atoms with Crippen LogP contribution in [0.25, 0.3) is 0 Å². The van der Waals surface area contributed by atoms with Crippen molar-refractivity contribution in [1.82, 2.24) is 0 Å². The molecule has 0 bridgehead atoms. The molecule has 0 aliphatic heterocycles. The molecular weight excluding hydrogens is 269 g/mol. The average molecular weight is 285 g/mol. The van der Waals surface area contributed by atoms with E-state index < -0.39 is 11.4 Å². The van der Waals surface area contributed by atoms with E-state index in [2.05, 4.69) is 0 Å². The molecule has 2 rings (SSSR count). The van der Waals surface area contributed by atoms with Crippen LogP contribution >= 0.6 is 0 Å². The molecule has 0 spiro atoms. The molecule has 0 aliphatic carbocycles. The lowest BCUT2D eigenvalue weighted by Crippen LogP contribution is -2.27. The first-order chi connectivity index (χ1) is 10.0. The Labute approximate surface area is 123 Å². The van der Waals surface area contributed by atoms with Gasteiger partial charge in [-0.05, 0) is 30.2 Å². The summed E-state index contributed by atoms with van der Waals surface area (Å²) in [6.45, 7) is 1.89. The average Bonchev–Trinajstić information content (AvgIpc) is 2.47. The molecule has 1 unspecified atom stereocenters. The van der Waals surface area contributed by atoms with Crippen molar-refractivity contribution in [2.45, 2.75) is 18.9 Å².